The topological polar surface area (TPSA) is 112 Å². The number of allylic oxidation sites excluding steroid dienone is 2. The Bertz CT molecular complexity index is 1270. The van der Waals surface area contributed by atoms with Gasteiger partial charge in [-0.05, 0) is 62.6 Å². The van der Waals surface area contributed by atoms with Crippen molar-refractivity contribution in [2.45, 2.75) is 40.2 Å². The number of methoxy groups -OCH3 is 1. The zero-order valence-corrected chi connectivity index (χ0v) is 21.4. The number of carbonyl (C=O) groups is 1. The molecule has 0 bridgehead atoms. The summed E-state index contributed by atoms with van der Waals surface area (Å²) in [5.41, 5.74) is 3.97. The van der Waals surface area contributed by atoms with Crippen LogP contribution in [0.5, 0.6) is 5.75 Å². The molecule has 0 spiro atoms. The van der Waals surface area contributed by atoms with Crippen molar-refractivity contribution in [2.24, 2.45) is 0 Å². The highest BCUT2D eigenvalue weighted by molar-refractivity contribution is 5.97. The third kappa shape index (κ3) is 6.06. The van der Waals surface area contributed by atoms with Crippen LogP contribution >= 0.6 is 0 Å². The molecule has 190 valence electrons. The van der Waals surface area contributed by atoms with E-state index in [4.69, 9.17) is 10.1 Å². The van der Waals surface area contributed by atoms with Gasteiger partial charge in [-0.2, -0.15) is 4.52 Å². The van der Waals surface area contributed by atoms with Crippen molar-refractivity contribution in [3.05, 3.63) is 59.1 Å². The Morgan fingerprint density at radius 3 is 2.58 bits per heavy atom. The van der Waals surface area contributed by atoms with Crippen molar-refractivity contribution < 1.29 is 9.53 Å². The third-order valence-corrected chi connectivity index (χ3v) is 6.49. The Morgan fingerprint density at radius 2 is 1.86 bits per heavy atom. The first kappa shape index (κ1) is 25.3. The van der Waals surface area contributed by atoms with Gasteiger partial charge in [-0.15, -0.1) is 15.3 Å². The molecule has 1 aliphatic rings. The minimum absolute atomic E-state index is 0.127. The lowest BCUT2D eigenvalue weighted by Crippen LogP contribution is -2.48. The van der Waals surface area contributed by atoms with Gasteiger partial charge in [-0.3, -0.25) is 9.69 Å². The summed E-state index contributed by atoms with van der Waals surface area (Å²) < 4.78 is 6.99. The SMILES string of the molecule is COc1cccc(CN2CCN(C(=O)CC/C(C(C)=N)=C(\C)Nc3ccc4nnc(C)n4n3)CC2)c1. The molecule has 0 saturated carbocycles. The summed E-state index contributed by atoms with van der Waals surface area (Å²) in [7, 11) is 1.68. The number of carbonyl (C=O) groups excluding carboxylic acids is 1. The molecule has 1 aliphatic heterocycles. The molecule has 10 nitrogen and oxygen atoms in total. The molecule has 10 heteroatoms. The van der Waals surface area contributed by atoms with Gasteiger partial charge in [0.15, 0.2) is 17.3 Å². The third-order valence-electron chi connectivity index (χ3n) is 6.49. The molecule has 4 rings (SSSR count). The number of anilines is 1. The van der Waals surface area contributed by atoms with Gasteiger partial charge in [0.05, 0.1) is 7.11 Å². The lowest BCUT2D eigenvalue weighted by molar-refractivity contribution is -0.132. The molecular weight excluding hydrogens is 456 g/mol. The van der Waals surface area contributed by atoms with Gasteiger partial charge in [0.2, 0.25) is 5.91 Å². The van der Waals surface area contributed by atoms with E-state index in [1.807, 2.05) is 43.0 Å². The minimum Gasteiger partial charge on any atom is -0.497 e. The Morgan fingerprint density at radius 1 is 1.08 bits per heavy atom. The molecule has 3 heterocycles. The number of fused-ring (bicyclic) bond motifs is 1. The van der Waals surface area contributed by atoms with Gasteiger partial charge >= 0.3 is 0 Å². The maximum Gasteiger partial charge on any atom is 0.222 e. The first-order chi connectivity index (χ1) is 17.3. The summed E-state index contributed by atoms with van der Waals surface area (Å²) in [6.45, 7) is 9.47. The van der Waals surface area contributed by atoms with E-state index in [0.717, 1.165) is 36.7 Å². The molecule has 1 aromatic carbocycles. The molecular formula is C26H34N8O2. The number of ether oxygens (including phenoxy) is 1. The van der Waals surface area contributed by atoms with Crippen molar-refractivity contribution in [3.63, 3.8) is 0 Å². The number of nitrogens with zero attached hydrogens (tertiary/aromatic N) is 6. The van der Waals surface area contributed by atoms with Gasteiger partial charge in [-0.1, -0.05) is 12.1 Å². The molecule has 2 N–H and O–H groups in total. The molecule has 2 aromatic heterocycles. The maximum atomic E-state index is 13.0. The van der Waals surface area contributed by atoms with Crippen molar-refractivity contribution in [1.29, 1.82) is 5.41 Å². The molecule has 0 aliphatic carbocycles. The number of hydrogen-bond acceptors (Lipinski definition) is 8. The van der Waals surface area contributed by atoms with Crippen LogP contribution in [0.15, 0.2) is 47.7 Å². The van der Waals surface area contributed by atoms with E-state index in [2.05, 4.69) is 37.6 Å². The van der Waals surface area contributed by atoms with Crippen LogP contribution < -0.4 is 10.1 Å². The van der Waals surface area contributed by atoms with Crippen LogP contribution in [0.3, 0.4) is 0 Å². The summed E-state index contributed by atoms with van der Waals surface area (Å²) in [6, 6.07) is 11.8. The monoisotopic (exact) mass is 490 g/mol. The van der Waals surface area contributed by atoms with Crippen LogP contribution in [-0.4, -0.2) is 74.5 Å². The van der Waals surface area contributed by atoms with Crippen molar-refractivity contribution in [2.75, 3.05) is 38.6 Å². The predicted molar refractivity (Wildman–Crippen MR) is 139 cm³/mol. The average molecular weight is 491 g/mol. The summed E-state index contributed by atoms with van der Waals surface area (Å²) in [4.78, 5) is 17.3. The van der Waals surface area contributed by atoms with E-state index in [1.54, 1.807) is 18.5 Å². The highest BCUT2D eigenvalue weighted by Gasteiger charge is 2.22. The smallest absolute Gasteiger partial charge is 0.222 e. The van der Waals surface area contributed by atoms with Crippen molar-refractivity contribution in [1.82, 2.24) is 29.6 Å². The number of rotatable bonds is 9. The number of nitrogens with one attached hydrogen (secondary N) is 2. The minimum atomic E-state index is 0.127. The fourth-order valence-corrected chi connectivity index (χ4v) is 4.46. The summed E-state index contributed by atoms with van der Waals surface area (Å²) >= 11 is 0. The second kappa shape index (κ2) is 11.3. The molecule has 0 unspecified atom stereocenters. The van der Waals surface area contributed by atoms with E-state index in [-0.39, 0.29) is 5.91 Å². The second-order valence-corrected chi connectivity index (χ2v) is 9.10. The summed E-state index contributed by atoms with van der Waals surface area (Å²) in [5, 5.41) is 24.1. The average Bonchev–Trinajstić information content (AvgIpc) is 3.24. The number of benzene rings is 1. The quantitative estimate of drug-likeness (QED) is 0.443. The fraction of sp³-hybridized carbons (Fsp3) is 0.423. The van der Waals surface area contributed by atoms with Crippen molar-refractivity contribution in [3.8, 4) is 5.75 Å². The van der Waals surface area contributed by atoms with Crippen LogP contribution in [-0.2, 0) is 11.3 Å². The van der Waals surface area contributed by atoms with Crippen LogP contribution in [0.25, 0.3) is 5.65 Å². The highest BCUT2D eigenvalue weighted by Crippen LogP contribution is 2.19. The second-order valence-electron chi connectivity index (χ2n) is 9.10. The Kier molecular flexibility index (Phi) is 7.94. The van der Waals surface area contributed by atoms with E-state index in [9.17, 15) is 4.79 Å². The van der Waals surface area contributed by atoms with E-state index < -0.39 is 0 Å². The van der Waals surface area contributed by atoms with Crippen LogP contribution in [0.1, 0.15) is 38.1 Å². The number of hydrogen-bond donors (Lipinski definition) is 2. The van der Waals surface area contributed by atoms with Crippen LogP contribution in [0.2, 0.25) is 0 Å². The van der Waals surface area contributed by atoms with Crippen molar-refractivity contribution >= 4 is 23.1 Å². The van der Waals surface area contributed by atoms with Gasteiger partial charge in [0, 0.05) is 50.6 Å². The lowest BCUT2D eigenvalue weighted by atomic mass is 10.0. The molecule has 0 radical (unpaired) electrons. The van der Waals surface area contributed by atoms with E-state index in [1.165, 1.54) is 5.56 Å². The predicted octanol–water partition coefficient (Wildman–Crippen LogP) is 3.29. The Labute approximate surface area is 211 Å². The molecule has 1 amide bonds. The largest absolute Gasteiger partial charge is 0.497 e. The number of piperazine rings is 1. The van der Waals surface area contributed by atoms with Gasteiger partial charge < -0.3 is 20.4 Å². The fourth-order valence-electron chi connectivity index (χ4n) is 4.46. The molecule has 0 atom stereocenters. The first-order valence-corrected chi connectivity index (χ1v) is 12.2. The molecule has 36 heavy (non-hydrogen) atoms. The Balaban J connectivity index is 1.31. The summed E-state index contributed by atoms with van der Waals surface area (Å²) in [6.07, 6.45) is 0.877. The van der Waals surface area contributed by atoms with Crippen LogP contribution in [0, 0.1) is 12.3 Å². The van der Waals surface area contributed by atoms with Gasteiger partial charge in [0.25, 0.3) is 0 Å². The van der Waals surface area contributed by atoms with E-state index >= 15 is 0 Å². The zero-order valence-electron chi connectivity index (χ0n) is 21.4. The normalized spacial score (nSPS) is 15.1. The summed E-state index contributed by atoms with van der Waals surface area (Å²) in [5.74, 6) is 2.33. The van der Waals surface area contributed by atoms with Gasteiger partial charge in [0.1, 0.15) is 5.75 Å². The maximum absolute atomic E-state index is 13.0. The van der Waals surface area contributed by atoms with E-state index in [0.29, 0.717) is 48.9 Å². The highest BCUT2D eigenvalue weighted by atomic mass is 16.5. The molecule has 3 aromatic rings. The molecule has 1 saturated heterocycles. The van der Waals surface area contributed by atoms with Gasteiger partial charge in [-0.25, -0.2) is 0 Å². The zero-order chi connectivity index (χ0) is 25.7. The lowest BCUT2D eigenvalue weighted by Gasteiger charge is -2.35. The van der Waals surface area contributed by atoms with Crippen LogP contribution in [0.4, 0.5) is 5.82 Å². The number of aromatic nitrogens is 4. The number of amides is 1. The molecule has 1 fully saturated rings. The first-order valence-electron chi connectivity index (χ1n) is 12.2. The Hall–Kier alpha value is -3.79. The standard InChI is InChI=1S/C26H34N8O2/c1-18(27)23(19(2)28-24-9-10-25-30-29-20(3)34(25)31-24)8-11-26(35)33-14-12-32(13-15-33)17-21-6-5-7-22(16-21)36-4/h5-7,9-10,16,27H,8,11-15,17H2,1-4H3,(H,28,31)/b23-19-,27-18?. The number of aryl methyl sites for hydroxylation is 1.